The molecule has 1 N–H and O–H groups in total. The smallest absolute Gasteiger partial charge is 0.306 e. The Morgan fingerprint density at radius 2 is 1.79 bits per heavy atom. The van der Waals surface area contributed by atoms with E-state index in [1.54, 1.807) is 0 Å². The Balaban J connectivity index is 2.04. The van der Waals surface area contributed by atoms with Crippen molar-refractivity contribution in [1.82, 2.24) is 0 Å². The topological polar surface area (TPSA) is 54.4 Å². The van der Waals surface area contributed by atoms with Gasteiger partial charge < -0.3 is 5.11 Å². The van der Waals surface area contributed by atoms with Crippen LogP contribution in [0.1, 0.15) is 42.5 Å². The van der Waals surface area contributed by atoms with E-state index in [1.807, 2.05) is 0 Å². The van der Waals surface area contributed by atoms with Gasteiger partial charge in [0.2, 0.25) is 0 Å². The van der Waals surface area contributed by atoms with Gasteiger partial charge in [-0.1, -0.05) is 12.8 Å². The largest absolute Gasteiger partial charge is 0.481 e. The quantitative estimate of drug-likeness (QED) is 0.849. The summed E-state index contributed by atoms with van der Waals surface area (Å²) in [5.41, 5.74) is 0.455. The molecule has 0 aliphatic heterocycles. The molecule has 1 saturated carbocycles. The number of Topliss-reactive ketones (excluding diaryl/α,β-unsaturated/α-hetero) is 1. The van der Waals surface area contributed by atoms with E-state index in [4.69, 9.17) is 5.11 Å². The molecular weight excluding hydrogens is 247 g/mol. The van der Waals surface area contributed by atoms with E-state index >= 15 is 0 Å². The van der Waals surface area contributed by atoms with Crippen molar-refractivity contribution in [2.75, 3.05) is 0 Å². The fraction of sp³-hybridized carbons (Fsp3) is 0.467. The van der Waals surface area contributed by atoms with E-state index in [1.165, 1.54) is 24.3 Å². The van der Waals surface area contributed by atoms with Crippen molar-refractivity contribution in [2.24, 2.45) is 11.8 Å². The number of rotatable bonds is 4. The van der Waals surface area contributed by atoms with Gasteiger partial charge in [-0.05, 0) is 43.0 Å². The second-order valence-corrected chi connectivity index (χ2v) is 5.12. The maximum absolute atomic E-state index is 12.8. The van der Waals surface area contributed by atoms with Crippen LogP contribution < -0.4 is 0 Å². The SMILES string of the molecule is O=C(C[C@H]1CCCC[C@H]1C(=O)O)c1ccc(F)cc1. The molecular formula is C15H17FO3. The number of halogens is 1. The van der Waals surface area contributed by atoms with E-state index in [2.05, 4.69) is 0 Å². The zero-order chi connectivity index (χ0) is 13.8. The highest BCUT2D eigenvalue weighted by Crippen LogP contribution is 2.33. The Morgan fingerprint density at radius 1 is 1.16 bits per heavy atom. The third-order valence-corrected chi connectivity index (χ3v) is 3.84. The van der Waals surface area contributed by atoms with Crippen LogP contribution in [0.2, 0.25) is 0 Å². The summed E-state index contributed by atoms with van der Waals surface area (Å²) < 4.78 is 12.8. The summed E-state index contributed by atoms with van der Waals surface area (Å²) >= 11 is 0. The Bertz CT molecular complexity index is 467. The average Bonchev–Trinajstić information content (AvgIpc) is 2.39. The molecule has 0 radical (unpaired) electrons. The Kier molecular flexibility index (Phi) is 4.30. The number of carbonyl (C=O) groups is 2. The molecule has 19 heavy (non-hydrogen) atoms. The van der Waals surface area contributed by atoms with E-state index in [-0.39, 0.29) is 23.9 Å². The molecule has 1 aliphatic carbocycles. The van der Waals surface area contributed by atoms with Gasteiger partial charge in [-0.2, -0.15) is 0 Å². The number of benzene rings is 1. The molecule has 0 unspecified atom stereocenters. The van der Waals surface area contributed by atoms with Gasteiger partial charge in [-0.3, -0.25) is 9.59 Å². The molecule has 1 aromatic carbocycles. The van der Waals surface area contributed by atoms with E-state index in [0.717, 1.165) is 19.3 Å². The van der Waals surface area contributed by atoms with Gasteiger partial charge in [-0.15, -0.1) is 0 Å². The van der Waals surface area contributed by atoms with Crippen LogP contribution in [0, 0.1) is 17.7 Å². The fourth-order valence-electron chi connectivity index (χ4n) is 2.77. The lowest BCUT2D eigenvalue weighted by atomic mass is 9.76. The lowest BCUT2D eigenvalue weighted by Gasteiger charge is -2.27. The van der Waals surface area contributed by atoms with E-state index in [0.29, 0.717) is 12.0 Å². The minimum atomic E-state index is -0.809. The van der Waals surface area contributed by atoms with Gasteiger partial charge in [0.25, 0.3) is 0 Å². The Labute approximate surface area is 111 Å². The highest BCUT2D eigenvalue weighted by atomic mass is 19.1. The molecule has 0 heterocycles. The van der Waals surface area contributed by atoms with Crippen molar-refractivity contribution < 1.29 is 19.1 Å². The van der Waals surface area contributed by atoms with Crippen LogP contribution in [0.3, 0.4) is 0 Å². The number of ketones is 1. The van der Waals surface area contributed by atoms with E-state index < -0.39 is 11.9 Å². The summed E-state index contributed by atoms with van der Waals surface area (Å²) in [6.45, 7) is 0. The predicted molar refractivity (Wildman–Crippen MR) is 68.4 cm³/mol. The number of hydrogen-bond donors (Lipinski definition) is 1. The van der Waals surface area contributed by atoms with Crippen LogP contribution >= 0.6 is 0 Å². The summed E-state index contributed by atoms with van der Waals surface area (Å²) in [5, 5.41) is 9.17. The summed E-state index contributed by atoms with van der Waals surface area (Å²) in [6.07, 6.45) is 3.56. The first kappa shape index (κ1) is 13.7. The number of carbonyl (C=O) groups excluding carboxylic acids is 1. The average molecular weight is 264 g/mol. The highest BCUT2D eigenvalue weighted by Gasteiger charge is 2.32. The number of aliphatic carboxylic acids is 1. The third kappa shape index (κ3) is 3.40. The van der Waals surface area contributed by atoms with Crippen molar-refractivity contribution in [3.8, 4) is 0 Å². The molecule has 0 amide bonds. The van der Waals surface area contributed by atoms with Crippen LogP contribution in [0.25, 0.3) is 0 Å². The third-order valence-electron chi connectivity index (χ3n) is 3.84. The summed E-state index contributed by atoms with van der Waals surface area (Å²) in [6, 6.07) is 5.41. The highest BCUT2D eigenvalue weighted by molar-refractivity contribution is 5.96. The number of hydrogen-bond acceptors (Lipinski definition) is 2. The van der Waals surface area contributed by atoms with Gasteiger partial charge in [0.05, 0.1) is 5.92 Å². The Morgan fingerprint density at radius 3 is 2.42 bits per heavy atom. The molecule has 4 heteroatoms. The lowest BCUT2D eigenvalue weighted by Crippen LogP contribution is -2.28. The monoisotopic (exact) mass is 264 g/mol. The minimum absolute atomic E-state index is 0.0937. The van der Waals surface area contributed by atoms with Crippen LogP contribution in [-0.2, 0) is 4.79 Å². The lowest BCUT2D eigenvalue weighted by molar-refractivity contribution is -0.144. The first-order valence-electron chi connectivity index (χ1n) is 6.59. The van der Waals surface area contributed by atoms with Crippen molar-refractivity contribution in [3.05, 3.63) is 35.6 Å². The van der Waals surface area contributed by atoms with Gasteiger partial charge in [0, 0.05) is 12.0 Å². The number of carboxylic acid groups (broad SMARTS) is 1. The van der Waals surface area contributed by atoms with Crippen molar-refractivity contribution in [1.29, 1.82) is 0 Å². The van der Waals surface area contributed by atoms with E-state index in [9.17, 15) is 14.0 Å². The summed E-state index contributed by atoms with van der Waals surface area (Å²) in [5.74, 6) is -1.80. The molecule has 3 nitrogen and oxygen atoms in total. The molecule has 0 saturated heterocycles. The summed E-state index contributed by atoms with van der Waals surface area (Å²) in [4.78, 5) is 23.2. The second-order valence-electron chi connectivity index (χ2n) is 5.12. The molecule has 0 spiro atoms. The maximum atomic E-state index is 12.8. The first-order valence-corrected chi connectivity index (χ1v) is 6.59. The van der Waals surface area contributed by atoms with Gasteiger partial charge in [-0.25, -0.2) is 4.39 Å². The van der Waals surface area contributed by atoms with Crippen LogP contribution in [0.5, 0.6) is 0 Å². The van der Waals surface area contributed by atoms with Crippen LogP contribution in [0.15, 0.2) is 24.3 Å². The predicted octanol–water partition coefficient (Wildman–Crippen LogP) is 3.29. The van der Waals surface area contributed by atoms with Crippen molar-refractivity contribution >= 4 is 11.8 Å². The normalized spacial score (nSPS) is 23.0. The molecule has 1 aliphatic rings. The molecule has 0 bridgehead atoms. The van der Waals surface area contributed by atoms with Crippen LogP contribution in [-0.4, -0.2) is 16.9 Å². The maximum Gasteiger partial charge on any atom is 0.306 e. The first-order chi connectivity index (χ1) is 9.08. The molecule has 2 rings (SSSR count). The zero-order valence-corrected chi connectivity index (χ0v) is 10.6. The van der Waals surface area contributed by atoms with Gasteiger partial charge in [0.15, 0.2) is 5.78 Å². The molecule has 0 aromatic heterocycles. The summed E-state index contributed by atoms with van der Waals surface area (Å²) in [7, 11) is 0. The van der Waals surface area contributed by atoms with Gasteiger partial charge >= 0.3 is 5.97 Å². The molecule has 1 aromatic rings. The number of carboxylic acids is 1. The van der Waals surface area contributed by atoms with Crippen molar-refractivity contribution in [2.45, 2.75) is 32.1 Å². The fourth-order valence-corrected chi connectivity index (χ4v) is 2.77. The minimum Gasteiger partial charge on any atom is -0.481 e. The van der Waals surface area contributed by atoms with Crippen molar-refractivity contribution in [3.63, 3.8) is 0 Å². The van der Waals surface area contributed by atoms with Gasteiger partial charge in [0.1, 0.15) is 5.82 Å². The molecule has 102 valence electrons. The zero-order valence-electron chi connectivity index (χ0n) is 10.6. The second kappa shape index (κ2) is 5.95. The molecule has 2 atom stereocenters. The molecule has 1 fully saturated rings. The van der Waals surface area contributed by atoms with Crippen LogP contribution in [0.4, 0.5) is 4.39 Å². The standard InChI is InChI=1S/C15H17FO3/c16-12-7-5-10(6-8-12)14(17)9-11-3-1-2-4-13(11)15(18)19/h5-8,11,13H,1-4,9H2,(H,18,19)/t11-,13-/m1/s1. The Hall–Kier alpha value is -1.71.